The van der Waals surface area contributed by atoms with Gasteiger partial charge in [0.05, 0.1) is 4.90 Å². The summed E-state index contributed by atoms with van der Waals surface area (Å²) in [4.78, 5) is -0.393. The Morgan fingerprint density at radius 1 is 1.10 bits per heavy atom. The van der Waals surface area contributed by atoms with Crippen molar-refractivity contribution in [3.63, 3.8) is 0 Å². The van der Waals surface area contributed by atoms with E-state index in [0.717, 1.165) is 15.7 Å². The Bertz CT molecular complexity index is 715. The highest BCUT2D eigenvalue weighted by Gasteiger charge is 2.26. The predicted molar refractivity (Wildman–Crippen MR) is 83.1 cm³/mol. The Morgan fingerprint density at radius 3 is 2.33 bits per heavy atom. The highest BCUT2D eigenvalue weighted by atomic mass is 127. The van der Waals surface area contributed by atoms with Crippen LogP contribution in [0, 0.1) is 3.57 Å². The van der Waals surface area contributed by atoms with Gasteiger partial charge in [0.25, 0.3) is 0 Å². The van der Waals surface area contributed by atoms with Crippen LogP contribution in [-0.4, -0.2) is 14.2 Å². The van der Waals surface area contributed by atoms with E-state index in [1.54, 1.807) is 6.07 Å². The minimum Gasteiger partial charge on any atom is -0.489 e. The van der Waals surface area contributed by atoms with Gasteiger partial charge in [0, 0.05) is 3.57 Å². The third-order valence-electron chi connectivity index (χ3n) is 2.69. The first-order valence-corrected chi connectivity index (χ1v) is 8.51. The lowest BCUT2D eigenvalue weighted by atomic mass is 10.2. The third kappa shape index (κ3) is 4.13. The fourth-order valence-electron chi connectivity index (χ4n) is 1.60. The molecule has 2 rings (SSSR count). The topological polar surface area (TPSA) is 43.4 Å². The van der Waals surface area contributed by atoms with E-state index < -0.39 is 20.5 Å². The van der Waals surface area contributed by atoms with Gasteiger partial charge in [-0.15, -0.1) is 0 Å². The van der Waals surface area contributed by atoms with Crippen LogP contribution in [0.15, 0.2) is 53.4 Å². The number of hydrogen-bond donors (Lipinski definition) is 0. The molecule has 7 heteroatoms. The van der Waals surface area contributed by atoms with Crippen LogP contribution in [0.5, 0.6) is 5.75 Å². The lowest BCUT2D eigenvalue weighted by Gasteiger charge is -2.08. The molecule has 112 valence electrons. The molecule has 21 heavy (non-hydrogen) atoms. The standard InChI is InChI=1S/C14H11F2IO3S/c15-14(16)21(18,19)13-6-4-10(5-7-13)9-20-12-3-1-2-11(17)8-12/h1-8,14H,9H2. The summed E-state index contributed by atoms with van der Waals surface area (Å²) >= 11 is 2.16. The summed E-state index contributed by atoms with van der Waals surface area (Å²) in [6.07, 6.45) is 0. The average molecular weight is 424 g/mol. The zero-order chi connectivity index (χ0) is 15.5. The quantitative estimate of drug-likeness (QED) is 0.685. The molecule has 0 heterocycles. The van der Waals surface area contributed by atoms with Crippen LogP contribution in [0.4, 0.5) is 8.78 Å². The van der Waals surface area contributed by atoms with Crippen molar-refractivity contribution in [2.75, 3.05) is 0 Å². The Morgan fingerprint density at radius 2 is 1.76 bits per heavy atom. The minimum atomic E-state index is -4.54. The maximum absolute atomic E-state index is 12.4. The number of rotatable bonds is 5. The summed E-state index contributed by atoms with van der Waals surface area (Å²) in [6, 6.07) is 12.7. The largest absolute Gasteiger partial charge is 0.489 e. The van der Waals surface area contributed by atoms with Gasteiger partial charge in [0.15, 0.2) is 0 Å². The Hall–Kier alpha value is -1.22. The summed E-state index contributed by atoms with van der Waals surface area (Å²) in [5.74, 6) is -2.72. The molecule has 0 unspecified atom stereocenters. The van der Waals surface area contributed by atoms with Crippen molar-refractivity contribution in [3.05, 3.63) is 57.7 Å². The van der Waals surface area contributed by atoms with E-state index in [9.17, 15) is 17.2 Å². The number of benzene rings is 2. The molecule has 0 spiro atoms. The number of ether oxygens (including phenoxy) is 1. The van der Waals surface area contributed by atoms with E-state index in [4.69, 9.17) is 4.74 Å². The van der Waals surface area contributed by atoms with Gasteiger partial charge in [-0.05, 0) is 58.5 Å². The molecule has 0 aliphatic carbocycles. The van der Waals surface area contributed by atoms with E-state index in [0.29, 0.717) is 11.3 Å². The highest BCUT2D eigenvalue weighted by molar-refractivity contribution is 14.1. The third-order valence-corrected chi connectivity index (χ3v) is 4.76. The molecule has 0 saturated carbocycles. The summed E-state index contributed by atoms with van der Waals surface area (Å²) in [6.45, 7) is 0.231. The molecule has 0 saturated heterocycles. The SMILES string of the molecule is O=S(=O)(c1ccc(COc2cccc(I)c2)cc1)C(F)F. The van der Waals surface area contributed by atoms with E-state index in [-0.39, 0.29) is 6.61 Å². The van der Waals surface area contributed by atoms with E-state index in [2.05, 4.69) is 22.6 Å². The molecule has 0 radical (unpaired) electrons. The molecule has 0 fully saturated rings. The van der Waals surface area contributed by atoms with Crippen molar-refractivity contribution in [1.82, 2.24) is 0 Å². The Kier molecular flexibility index (Phi) is 5.15. The van der Waals surface area contributed by atoms with E-state index in [1.807, 2.05) is 18.2 Å². The maximum Gasteiger partial charge on any atom is 0.341 e. The summed E-state index contributed by atoms with van der Waals surface area (Å²) in [7, 11) is -4.54. The molecule has 0 aromatic heterocycles. The number of sulfone groups is 1. The fourth-order valence-corrected chi connectivity index (χ4v) is 2.84. The first kappa shape index (κ1) is 16.2. The molecule has 0 amide bonds. The molecule has 2 aromatic rings. The van der Waals surface area contributed by atoms with Crippen molar-refractivity contribution in [1.29, 1.82) is 0 Å². The van der Waals surface area contributed by atoms with E-state index >= 15 is 0 Å². The molecular weight excluding hydrogens is 413 g/mol. The van der Waals surface area contributed by atoms with Crippen LogP contribution >= 0.6 is 22.6 Å². The molecule has 0 bridgehead atoms. The predicted octanol–water partition coefficient (Wildman–Crippen LogP) is 3.87. The van der Waals surface area contributed by atoms with Gasteiger partial charge in [0.2, 0.25) is 9.84 Å². The monoisotopic (exact) mass is 424 g/mol. The van der Waals surface area contributed by atoms with Crippen LogP contribution in [0.25, 0.3) is 0 Å². The molecule has 2 aromatic carbocycles. The maximum atomic E-state index is 12.4. The smallest absolute Gasteiger partial charge is 0.341 e. The normalized spacial score (nSPS) is 11.6. The van der Waals surface area contributed by atoms with Gasteiger partial charge >= 0.3 is 5.76 Å². The minimum absolute atomic E-state index is 0.231. The summed E-state index contributed by atoms with van der Waals surface area (Å²) in [5, 5.41) is 0. The summed E-state index contributed by atoms with van der Waals surface area (Å²) in [5.41, 5.74) is 0.696. The van der Waals surface area contributed by atoms with Gasteiger partial charge < -0.3 is 4.74 Å². The van der Waals surface area contributed by atoms with Crippen molar-refractivity contribution in [3.8, 4) is 5.75 Å². The number of halogens is 3. The number of alkyl halides is 2. The molecule has 3 nitrogen and oxygen atoms in total. The van der Waals surface area contributed by atoms with E-state index in [1.165, 1.54) is 12.1 Å². The van der Waals surface area contributed by atoms with Gasteiger partial charge in [-0.1, -0.05) is 18.2 Å². The molecule has 0 atom stereocenters. The molecular formula is C14H11F2IO3S. The zero-order valence-electron chi connectivity index (χ0n) is 10.7. The molecule has 0 aliphatic heterocycles. The first-order valence-electron chi connectivity index (χ1n) is 5.89. The van der Waals surface area contributed by atoms with Crippen LogP contribution in [-0.2, 0) is 16.4 Å². The van der Waals surface area contributed by atoms with Gasteiger partial charge in [-0.3, -0.25) is 0 Å². The van der Waals surface area contributed by atoms with Crippen LogP contribution < -0.4 is 4.74 Å². The van der Waals surface area contributed by atoms with Gasteiger partial charge in [-0.2, -0.15) is 8.78 Å². The zero-order valence-corrected chi connectivity index (χ0v) is 13.6. The molecule has 0 N–H and O–H groups in total. The van der Waals surface area contributed by atoms with Crippen molar-refractivity contribution in [2.24, 2.45) is 0 Å². The van der Waals surface area contributed by atoms with Gasteiger partial charge in [0.1, 0.15) is 12.4 Å². The van der Waals surface area contributed by atoms with Crippen LogP contribution in [0.2, 0.25) is 0 Å². The second-order valence-electron chi connectivity index (χ2n) is 4.20. The summed E-state index contributed by atoms with van der Waals surface area (Å²) < 4.78 is 53.9. The first-order chi connectivity index (χ1) is 9.89. The number of hydrogen-bond acceptors (Lipinski definition) is 3. The Balaban J connectivity index is 2.07. The average Bonchev–Trinajstić information content (AvgIpc) is 2.45. The van der Waals surface area contributed by atoms with Crippen molar-refractivity contribution >= 4 is 32.4 Å². The van der Waals surface area contributed by atoms with Gasteiger partial charge in [-0.25, -0.2) is 8.42 Å². The van der Waals surface area contributed by atoms with Crippen molar-refractivity contribution < 1.29 is 21.9 Å². The van der Waals surface area contributed by atoms with Crippen molar-refractivity contribution in [2.45, 2.75) is 17.3 Å². The highest BCUT2D eigenvalue weighted by Crippen LogP contribution is 2.20. The fraction of sp³-hybridized carbons (Fsp3) is 0.143. The van der Waals surface area contributed by atoms with Crippen LogP contribution in [0.1, 0.15) is 5.56 Å². The molecule has 0 aliphatic rings. The van der Waals surface area contributed by atoms with Crippen LogP contribution in [0.3, 0.4) is 0 Å². The Labute approximate surface area is 135 Å². The lowest BCUT2D eigenvalue weighted by Crippen LogP contribution is -2.11. The second kappa shape index (κ2) is 6.69. The second-order valence-corrected chi connectivity index (χ2v) is 7.36. The lowest BCUT2D eigenvalue weighted by molar-refractivity contribution is 0.234.